The van der Waals surface area contributed by atoms with Gasteiger partial charge < -0.3 is 15.0 Å². The van der Waals surface area contributed by atoms with E-state index < -0.39 is 0 Å². The van der Waals surface area contributed by atoms with Gasteiger partial charge in [0.25, 0.3) is 0 Å². The van der Waals surface area contributed by atoms with Crippen LogP contribution >= 0.6 is 23.2 Å². The van der Waals surface area contributed by atoms with E-state index in [1.807, 2.05) is 11.9 Å². The van der Waals surface area contributed by atoms with Gasteiger partial charge in [0.05, 0.1) is 16.7 Å². The minimum absolute atomic E-state index is 0.547. The molecule has 1 rings (SSSR count). The molecule has 0 fully saturated rings. The standard InChI is InChI=1S/C11H17Cl2N3O/c1-16(5-3-14-4-6-17-2)11-10(13)7-9(12)8-15-11/h7-8,14H,3-6H2,1-2H3. The van der Waals surface area contributed by atoms with E-state index in [9.17, 15) is 0 Å². The number of hydrogen-bond acceptors (Lipinski definition) is 4. The Hall–Kier alpha value is -0.550. The van der Waals surface area contributed by atoms with Crippen molar-refractivity contribution in [1.82, 2.24) is 10.3 Å². The van der Waals surface area contributed by atoms with Crippen molar-refractivity contribution in [3.05, 3.63) is 22.3 Å². The molecular weight excluding hydrogens is 261 g/mol. The fourth-order valence-corrected chi connectivity index (χ4v) is 1.86. The maximum Gasteiger partial charge on any atom is 0.147 e. The third-order valence-electron chi connectivity index (χ3n) is 2.26. The highest BCUT2D eigenvalue weighted by molar-refractivity contribution is 6.35. The molecule has 0 radical (unpaired) electrons. The third kappa shape index (κ3) is 5.08. The predicted molar refractivity (Wildman–Crippen MR) is 72.3 cm³/mol. The van der Waals surface area contributed by atoms with E-state index in [4.69, 9.17) is 27.9 Å². The molecule has 1 aromatic rings. The molecule has 0 bridgehead atoms. The molecule has 0 unspecified atom stereocenters. The molecule has 0 saturated heterocycles. The molecule has 0 atom stereocenters. The first-order valence-electron chi connectivity index (χ1n) is 5.37. The van der Waals surface area contributed by atoms with Crippen LogP contribution in [0.1, 0.15) is 0 Å². The van der Waals surface area contributed by atoms with E-state index in [0.717, 1.165) is 25.5 Å². The van der Waals surface area contributed by atoms with Crippen LogP contribution < -0.4 is 10.2 Å². The van der Waals surface area contributed by atoms with Gasteiger partial charge in [-0.3, -0.25) is 0 Å². The predicted octanol–water partition coefficient (Wildman–Crippen LogP) is 2.06. The molecule has 0 aliphatic rings. The van der Waals surface area contributed by atoms with Crippen LogP contribution in [0, 0.1) is 0 Å². The van der Waals surface area contributed by atoms with Crippen molar-refractivity contribution in [1.29, 1.82) is 0 Å². The average molecular weight is 278 g/mol. The van der Waals surface area contributed by atoms with Crippen LogP contribution in [0.5, 0.6) is 0 Å². The van der Waals surface area contributed by atoms with Gasteiger partial charge >= 0.3 is 0 Å². The molecule has 17 heavy (non-hydrogen) atoms. The summed E-state index contributed by atoms with van der Waals surface area (Å²) < 4.78 is 4.94. The highest BCUT2D eigenvalue weighted by Crippen LogP contribution is 2.24. The van der Waals surface area contributed by atoms with Crippen molar-refractivity contribution in [2.24, 2.45) is 0 Å². The summed E-state index contributed by atoms with van der Waals surface area (Å²) in [5.74, 6) is 0.740. The number of aromatic nitrogens is 1. The smallest absolute Gasteiger partial charge is 0.147 e. The summed E-state index contributed by atoms with van der Waals surface area (Å²) in [6.07, 6.45) is 1.59. The van der Waals surface area contributed by atoms with Gasteiger partial charge in [-0.15, -0.1) is 0 Å². The van der Waals surface area contributed by atoms with Crippen LogP contribution in [-0.2, 0) is 4.74 Å². The molecule has 0 saturated carbocycles. The molecule has 96 valence electrons. The van der Waals surface area contributed by atoms with E-state index in [0.29, 0.717) is 16.7 Å². The van der Waals surface area contributed by atoms with E-state index in [2.05, 4.69) is 10.3 Å². The van der Waals surface area contributed by atoms with Crippen molar-refractivity contribution in [3.8, 4) is 0 Å². The van der Waals surface area contributed by atoms with E-state index in [1.54, 1.807) is 19.4 Å². The molecule has 1 heterocycles. The van der Waals surface area contributed by atoms with Gasteiger partial charge in [0.15, 0.2) is 0 Å². The zero-order valence-corrected chi connectivity index (χ0v) is 11.6. The second kappa shape index (κ2) is 7.71. The zero-order valence-electron chi connectivity index (χ0n) is 10.0. The zero-order chi connectivity index (χ0) is 12.7. The number of hydrogen-bond donors (Lipinski definition) is 1. The number of likely N-dealkylation sites (N-methyl/N-ethyl adjacent to an activating group) is 1. The van der Waals surface area contributed by atoms with Crippen LogP contribution in [0.2, 0.25) is 10.0 Å². The van der Waals surface area contributed by atoms with Gasteiger partial charge in [0, 0.05) is 40.0 Å². The summed E-state index contributed by atoms with van der Waals surface area (Å²) in [4.78, 5) is 6.19. The summed E-state index contributed by atoms with van der Waals surface area (Å²) in [7, 11) is 3.63. The van der Waals surface area contributed by atoms with Crippen molar-refractivity contribution in [3.63, 3.8) is 0 Å². The maximum atomic E-state index is 6.06. The molecule has 6 heteroatoms. The van der Waals surface area contributed by atoms with Gasteiger partial charge in [-0.25, -0.2) is 4.98 Å². The van der Waals surface area contributed by atoms with Crippen LogP contribution in [0.15, 0.2) is 12.3 Å². The lowest BCUT2D eigenvalue weighted by Gasteiger charge is -2.19. The lowest BCUT2D eigenvalue weighted by Crippen LogP contribution is -2.31. The number of rotatable bonds is 7. The van der Waals surface area contributed by atoms with E-state index in [-0.39, 0.29) is 0 Å². The molecule has 4 nitrogen and oxygen atoms in total. The average Bonchev–Trinajstić information content (AvgIpc) is 2.28. The molecule has 0 aliphatic carbocycles. The molecule has 0 spiro atoms. The minimum Gasteiger partial charge on any atom is -0.383 e. The Balaban J connectivity index is 2.38. The summed E-state index contributed by atoms with van der Waals surface area (Å²) >= 11 is 11.8. The Morgan fingerprint density at radius 1 is 1.41 bits per heavy atom. The lowest BCUT2D eigenvalue weighted by molar-refractivity contribution is 0.200. The van der Waals surface area contributed by atoms with Crippen molar-refractivity contribution < 1.29 is 4.74 Å². The van der Waals surface area contributed by atoms with E-state index >= 15 is 0 Å². The topological polar surface area (TPSA) is 37.4 Å². The van der Waals surface area contributed by atoms with Crippen LogP contribution in [0.4, 0.5) is 5.82 Å². The first-order valence-corrected chi connectivity index (χ1v) is 6.12. The fraction of sp³-hybridized carbons (Fsp3) is 0.545. The second-order valence-electron chi connectivity index (χ2n) is 3.62. The van der Waals surface area contributed by atoms with Gasteiger partial charge in [0.2, 0.25) is 0 Å². The van der Waals surface area contributed by atoms with Crippen LogP contribution in [0.25, 0.3) is 0 Å². The molecule has 0 aliphatic heterocycles. The number of nitrogens with one attached hydrogen (secondary N) is 1. The Morgan fingerprint density at radius 3 is 2.82 bits per heavy atom. The Morgan fingerprint density at radius 2 is 2.18 bits per heavy atom. The van der Waals surface area contributed by atoms with Gasteiger partial charge in [-0.1, -0.05) is 23.2 Å². The fourth-order valence-electron chi connectivity index (χ4n) is 1.34. The van der Waals surface area contributed by atoms with Gasteiger partial charge in [-0.2, -0.15) is 0 Å². The Bertz CT molecular complexity index is 349. The minimum atomic E-state index is 0.547. The molecular formula is C11H17Cl2N3O. The monoisotopic (exact) mass is 277 g/mol. The first kappa shape index (κ1) is 14.5. The van der Waals surface area contributed by atoms with Crippen molar-refractivity contribution >= 4 is 29.0 Å². The molecule has 0 aromatic carbocycles. The van der Waals surface area contributed by atoms with Crippen molar-refractivity contribution in [2.45, 2.75) is 0 Å². The number of pyridine rings is 1. The van der Waals surface area contributed by atoms with Crippen molar-refractivity contribution in [2.75, 3.05) is 45.3 Å². The number of halogens is 2. The largest absolute Gasteiger partial charge is 0.383 e. The Labute approximate surface area is 112 Å². The highest BCUT2D eigenvalue weighted by atomic mass is 35.5. The molecule has 0 amide bonds. The third-order valence-corrected chi connectivity index (χ3v) is 2.74. The summed E-state index contributed by atoms with van der Waals surface area (Å²) in [6, 6.07) is 1.69. The number of nitrogens with zero attached hydrogens (tertiary/aromatic N) is 2. The van der Waals surface area contributed by atoms with Gasteiger partial charge in [-0.05, 0) is 6.07 Å². The first-order chi connectivity index (χ1) is 8.15. The lowest BCUT2D eigenvalue weighted by atomic mass is 10.4. The number of methoxy groups -OCH3 is 1. The SMILES string of the molecule is COCCNCCN(C)c1ncc(Cl)cc1Cl. The Kier molecular flexibility index (Phi) is 6.58. The normalized spacial score (nSPS) is 10.6. The molecule has 1 N–H and O–H groups in total. The van der Waals surface area contributed by atoms with Crippen LogP contribution in [-0.4, -0.2) is 45.4 Å². The summed E-state index contributed by atoms with van der Waals surface area (Å²) in [5.41, 5.74) is 0. The van der Waals surface area contributed by atoms with Gasteiger partial charge in [0.1, 0.15) is 5.82 Å². The van der Waals surface area contributed by atoms with E-state index in [1.165, 1.54) is 0 Å². The summed E-state index contributed by atoms with van der Waals surface area (Å²) in [6.45, 7) is 3.22. The van der Waals surface area contributed by atoms with Crippen LogP contribution in [0.3, 0.4) is 0 Å². The summed E-state index contributed by atoms with van der Waals surface area (Å²) in [5, 5.41) is 4.37. The molecule has 1 aromatic heterocycles. The second-order valence-corrected chi connectivity index (χ2v) is 4.47. The highest BCUT2D eigenvalue weighted by Gasteiger charge is 2.07. The number of anilines is 1. The number of ether oxygens (including phenoxy) is 1. The maximum absolute atomic E-state index is 6.06. The quantitative estimate of drug-likeness (QED) is 0.775.